The lowest BCUT2D eigenvalue weighted by molar-refractivity contribution is -0.886. The maximum atomic E-state index is 12.6. The molecule has 0 aliphatic carbocycles. The van der Waals surface area contributed by atoms with Crippen molar-refractivity contribution in [1.82, 2.24) is 10.2 Å². The van der Waals surface area contributed by atoms with E-state index in [1.807, 2.05) is 11.8 Å². The molecule has 0 radical (unpaired) electrons. The average molecular weight is 311 g/mol. The summed E-state index contributed by atoms with van der Waals surface area (Å²) in [6, 6.07) is 0.192. The molecule has 1 atom stereocenters. The minimum Gasteiger partial charge on any atom is -0.633 e. The summed E-state index contributed by atoms with van der Waals surface area (Å²) >= 11 is 0. The molecule has 2 aliphatic heterocycles. The van der Waals surface area contributed by atoms with Crippen molar-refractivity contribution in [2.45, 2.75) is 51.5 Å². The van der Waals surface area contributed by atoms with Gasteiger partial charge in [-0.15, -0.1) is 0 Å². The van der Waals surface area contributed by atoms with E-state index < -0.39 is 0 Å². The Bertz CT molecular complexity index is 405. The first kappa shape index (κ1) is 17.2. The quantitative estimate of drug-likeness (QED) is 0.613. The first-order valence-electron chi connectivity index (χ1n) is 8.57. The molecule has 22 heavy (non-hydrogen) atoms. The van der Waals surface area contributed by atoms with Gasteiger partial charge in [0.2, 0.25) is 11.8 Å². The third-order valence-corrected chi connectivity index (χ3v) is 5.11. The molecule has 2 rings (SSSR count). The van der Waals surface area contributed by atoms with Crippen LogP contribution in [0.15, 0.2) is 0 Å². The molecule has 2 amide bonds. The van der Waals surface area contributed by atoms with Crippen LogP contribution in [0, 0.1) is 11.1 Å². The number of hydrogen-bond donors (Lipinski definition) is 1. The van der Waals surface area contributed by atoms with E-state index >= 15 is 0 Å². The zero-order chi connectivity index (χ0) is 16.2. The van der Waals surface area contributed by atoms with Gasteiger partial charge in [-0.2, -0.15) is 0 Å². The van der Waals surface area contributed by atoms with E-state index in [2.05, 4.69) is 5.32 Å². The van der Waals surface area contributed by atoms with Crippen molar-refractivity contribution >= 4 is 11.8 Å². The number of hydroxylamine groups is 3. The molecule has 0 saturated carbocycles. The molecular formula is C16H29N3O3. The Morgan fingerprint density at radius 3 is 2.64 bits per heavy atom. The second kappa shape index (κ2) is 7.42. The number of rotatable bonds is 5. The van der Waals surface area contributed by atoms with E-state index in [4.69, 9.17) is 0 Å². The predicted octanol–water partition coefficient (Wildman–Crippen LogP) is 1.25. The van der Waals surface area contributed by atoms with Gasteiger partial charge in [0.1, 0.15) is 0 Å². The summed E-state index contributed by atoms with van der Waals surface area (Å²) in [6.45, 7) is 4.73. The summed E-state index contributed by atoms with van der Waals surface area (Å²) in [4.78, 5) is 26.1. The monoisotopic (exact) mass is 311 g/mol. The molecule has 0 spiro atoms. The van der Waals surface area contributed by atoms with Gasteiger partial charge in [0, 0.05) is 44.8 Å². The molecule has 2 fully saturated rings. The summed E-state index contributed by atoms with van der Waals surface area (Å²) in [6.07, 6.45) is 4.54. The number of piperidine rings is 2. The smallest absolute Gasteiger partial charge is 0.226 e. The lowest BCUT2D eigenvalue weighted by Crippen LogP contribution is -2.56. The average Bonchev–Trinajstić information content (AvgIpc) is 2.50. The normalized spacial score (nSPS) is 32.9. The van der Waals surface area contributed by atoms with Gasteiger partial charge < -0.3 is 20.1 Å². The molecule has 0 aromatic heterocycles. The second-order valence-electron chi connectivity index (χ2n) is 6.71. The van der Waals surface area contributed by atoms with E-state index in [-0.39, 0.29) is 34.8 Å². The van der Waals surface area contributed by atoms with Crippen LogP contribution in [0.4, 0.5) is 0 Å². The molecular weight excluding hydrogens is 282 g/mol. The van der Waals surface area contributed by atoms with E-state index in [0.717, 1.165) is 38.6 Å². The Morgan fingerprint density at radius 1 is 1.36 bits per heavy atom. The van der Waals surface area contributed by atoms with Gasteiger partial charge in [-0.05, 0) is 19.3 Å². The van der Waals surface area contributed by atoms with E-state index in [1.165, 1.54) is 0 Å². The zero-order valence-electron chi connectivity index (χ0n) is 13.8. The van der Waals surface area contributed by atoms with Gasteiger partial charge in [-0.25, -0.2) is 0 Å². The highest BCUT2D eigenvalue weighted by Gasteiger charge is 2.37. The van der Waals surface area contributed by atoms with Crippen LogP contribution in [-0.2, 0) is 9.59 Å². The third kappa shape index (κ3) is 3.98. The number of carbonyl (C=O) groups excluding carboxylic acids is 2. The molecule has 126 valence electrons. The molecule has 0 aromatic carbocycles. The summed E-state index contributed by atoms with van der Waals surface area (Å²) in [7, 11) is 1.61. The Balaban J connectivity index is 1.92. The first-order chi connectivity index (χ1) is 10.5. The molecule has 6 heteroatoms. The van der Waals surface area contributed by atoms with Gasteiger partial charge in [0.15, 0.2) is 0 Å². The lowest BCUT2D eigenvalue weighted by atomic mass is 9.90. The van der Waals surface area contributed by atoms with Crippen molar-refractivity contribution in [2.75, 3.05) is 33.2 Å². The number of likely N-dealkylation sites (tertiary alicyclic amines) is 2. The topological polar surface area (TPSA) is 72.5 Å². The second-order valence-corrected chi connectivity index (χ2v) is 6.71. The summed E-state index contributed by atoms with van der Waals surface area (Å²) in [5, 5.41) is 15.1. The fraction of sp³-hybridized carbons (Fsp3) is 0.875. The van der Waals surface area contributed by atoms with Crippen molar-refractivity contribution in [2.24, 2.45) is 5.92 Å². The van der Waals surface area contributed by atoms with E-state index in [0.29, 0.717) is 19.6 Å². The van der Waals surface area contributed by atoms with Gasteiger partial charge >= 0.3 is 0 Å². The molecule has 0 bridgehead atoms. The Hall–Kier alpha value is -1.14. The molecule has 2 aliphatic rings. The number of nitrogens with zero attached hydrogens (tertiary/aromatic N) is 2. The number of nitrogens with one attached hydrogen (secondary N) is 1. The molecule has 2 saturated heterocycles. The summed E-state index contributed by atoms with van der Waals surface area (Å²) < 4.78 is -0.100. The van der Waals surface area contributed by atoms with Crippen LogP contribution in [0.25, 0.3) is 0 Å². The van der Waals surface area contributed by atoms with Gasteiger partial charge in [-0.1, -0.05) is 6.92 Å². The van der Waals surface area contributed by atoms with Crippen LogP contribution in [0.5, 0.6) is 0 Å². The number of hydrogen-bond acceptors (Lipinski definition) is 3. The van der Waals surface area contributed by atoms with Crippen molar-refractivity contribution in [3.05, 3.63) is 5.21 Å². The molecule has 2 heterocycles. The lowest BCUT2D eigenvalue weighted by Gasteiger charge is -2.50. The summed E-state index contributed by atoms with van der Waals surface area (Å²) in [5.74, 6) is -0.138. The molecule has 1 unspecified atom stereocenters. The highest BCUT2D eigenvalue weighted by molar-refractivity contribution is 5.86. The zero-order valence-corrected chi connectivity index (χ0v) is 13.8. The first-order valence-corrected chi connectivity index (χ1v) is 8.57. The molecule has 6 nitrogen and oxygen atoms in total. The minimum absolute atomic E-state index is 0.0676. The summed E-state index contributed by atoms with van der Waals surface area (Å²) in [5.41, 5.74) is 0. The van der Waals surface area contributed by atoms with Crippen LogP contribution < -0.4 is 5.32 Å². The maximum Gasteiger partial charge on any atom is 0.226 e. The van der Waals surface area contributed by atoms with Crippen LogP contribution in [0.3, 0.4) is 0 Å². The highest BCUT2D eigenvalue weighted by atomic mass is 16.5. The van der Waals surface area contributed by atoms with Crippen molar-refractivity contribution < 1.29 is 14.2 Å². The Morgan fingerprint density at radius 2 is 2.05 bits per heavy atom. The Kier molecular flexibility index (Phi) is 5.81. The van der Waals surface area contributed by atoms with Crippen molar-refractivity contribution in [3.63, 3.8) is 0 Å². The fourth-order valence-electron chi connectivity index (χ4n) is 3.82. The van der Waals surface area contributed by atoms with E-state index in [9.17, 15) is 14.8 Å². The minimum atomic E-state index is -0.183. The van der Waals surface area contributed by atoms with Crippen LogP contribution >= 0.6 is 0 Å². The highest BCUT2D eigenvalue weighted by Crippen LogP contribution is 2.28. The SMILES string of the molecule is CCC[N+]1([O-])CCC(N2CCCC(CC(=O)NC)C2=O)CC1. The number of quaternary nitrogens is 1. The standard InChI is InChI=1S/C16H29N3O3/c1-3-9-19(22)10-6-14(7-11-19)18-8-4-5-13(16(18)21)12-15(20)17-2/h13-14H,3-12H2,1-2H3,(H,17,20). The van der Waals surface area contributed by atoms with Gasteiger partial charge in [0.05, 0.1) is 19.6 Å². The number of amides is 2. The van der Waals surface area contributed by atoms with Gasteiger partial charge in [0.25, 0.3) is 0 Å². The molecule has 1 N–H and O–H groups in total. The fourth-order valence-corrected chi connectivity index (χ4v) is 3.82. The van der Waals surface area contributed by atoms with Crippen LogP contribution in [-0.4, -0.2) is 60.6 Å². The predicted molar refractivity (Wildman–Crippen MR) is 84.7 cm³/mol. The Labute approximate surface area is 133 Å². The van der Waals surface area contributed by atoms with Gasteiger partial charge in [-0.3, -0.25) is 9.59 Å². The third-order valence-electron chi connectivity index (χ3n) is 5.11. The largest absolute Gasteiger partial charge is 0.633 e. The van der Waals surface area contributed by atoms with E-state index in [1.54, 1.807) is 7.05 Å². The van der Waals surface area contributed by atoms with Crippen LogP contribution in [0.1, 0.15) is 45.4 Å². The molecule has 0 aromatic rings. The number of carbonyl (C=O) groups is 2. The van der Waals surface area contributed by atoms with Crippen molar-refractivity contribution in [3.8, 4) is 0 Å². The maximum absolute atomic E-state index is 12.6. The van der Waals surface area contributed by atoms with Crippen LogP contribution in [0.2, 0.25) is 0 Å². The van der Waals surface area contributed by atoms with Crippen molar-refractivity contribution in [1.29, 1.82) is 0 Å².